The molecule has 1 aliphatic heterocycles. The second-order valence-corrected chi connectivity index (χ2v) is 6.68. The second kappa shape index (κ2) is 7.72. The van der Waals surface area contributed by atoms with Crippen LogP contribution in [0.2, 0.25) is 0 Å². The summed E-state index contributed by atoms with van der Waals surface area (Å²) in [5.74, 6) is 0.905. The normalized spacial score (nSPS) is 15.1. The molecule has 1 fully saturated rings. The molecule has 1 N–H and O–H groups in total. The van der Waals surface area contributed by atoms with Crippen molar-refractivity contribution in [2.75, 3.05) is 31.1 Å². The van der Waals surface area contributed by atoms with Gasteiger partial charge in [0.25, 0.3) is 0 Å². The molecule has 0 bridgehead atoms. The van der Waals surface area contributed by atoms with Crippen molar-refractivity contribution in [1.29, 1.82) is 0 Å². The first-order valence-electron chi connectivity index (χ1n) is 9.03. The lowest BCUT2D eigenvalue weighted by Gasteiger charge is -2.35. The van der Waals surface area contributed by atoms with Gasteiger partial charge in [0, 0.05) is 43.9 Å². The molecule has 0 amide bonds. The summed E-state index contributed by atoms with van der Waals surface area (Å²) in [7, 11) is 0. The quantitative estimate of drug-likeness (QED) is 0.770. The second-order valence-electron chi connectivity index (χ2n) is 6.68. The van der Waals surface area contributed by atoms with Crippen LogP contribution in [-0.2, 0) is 6.54 Å². The molecule has 0 saturated carbocycles. The molecule has 1 aromatic heterocycles. The summed E-state index contributed by atoms with van der Waals surface area (Å²) in [6.45, 7) is 3.99. The maximum absolute atomic E-state index is 13.8. The maximum Gasteiger partial charge on any atom is 0.151 e. The number of piperazine rings is 1. The van der Waals surface area contributed by atoms with Crippen LogP contribution in [0.3, 0.4) is 0 Å². The molecule has 6 heteroatoms. The number of phenols is 1. The summed E-state index contributed by atoms with van der Waals surface area (Å²) in [5.41, 5.74) is 2.30. The highest BCUT2D eigenvalue weighted by molar-refractivity contribution is 5.61. The fourth-order valence-corrected chi connectivity index (χ4v) is 3.32. The van der Waals surface area contributed by atoms with Gasteiger partial charge < -0.3 is 10.0 Å². The largest absolute Gasteiger partial charge is 0.508 e. The highest BCUT2D eigenvalue weighted by Crippen LogP contribution is 2.22. The van der Waals surface area contributed by atoms with E-state index in [-0.39, 0.29) is 11.6 Å². The summed E-state index contributed by atoms with van der Waals surface area (Å²) < 4.78 is 13.8. The minimum absolute atomic E-state index is 0.145. The molecule has 4 rings (SSSR count). The van der Waals surface area contributed by atoms with Gasteiger partial charge in [0.15, 0.2) is 5.82 Å². The van der Waals surface area contributed by atoms with Crippen molar-refractivity contribution in [2.45, 2.75) is 6.54 Å². The Balaban J connectivity index is 1.37. The van der Waals surface area contributed by atoms with Gasteiger partial charge in [-0.05, 0) is 30.3 Å². The topological polar surface area (TPSA) is 52.5 Å². The Morgan fingerprint density at radius 3 is 2.41 bits per heavy atom. The SMILES string of the molecule is Oc1cccc(-c2ccc(N3CCN(Cc4ccccc4F)CC3)nn2)c1. The minimum atomic E-state index is -0.145. The summed E-state index contributed by atoms with van der Waals surface area (Å²) in [6, 6.07) is 17.8. The first kappa shape index (κ1) is 17.4. The monoisotopic (exact) mass is 364 g/mol. The van der Waals surface area contributed by atoms with Crippen molar-refractivity contribution < 1.29 is 9.50 Å². The number of phenolic OH excluding ortho intramolecular Hbond substituents is 1. The summed E-state index contributed by atoms with van der Waals surface area (Å²) >= 11 is 0. The number of anilines is 1. The molecule has 1 saturated heterocycles. The standard InChI is InChI=1S/C21H21FN4O/c22-19-7-2-1-4-17(19)15-25-10-12-26(13-11-25)21-9-8-20(23-24-21)16-5-3-6-18(27)14-16/h1-9,14,27H,10-13,15H2. The average Bonchev–Trinajstić information content (AvgIpc) is 2.70. The number of hydrogen-bond acceptors (Lipinski definition) is 5. The van der Waals surface area contributed by atoms with Crippen molar-refractivity contribution in [1.82, 2.24) is 15.1 Å². The smallest absolute Gasteiger partial charge is 0.151 e. The molecule has 3 aromatic rings. The molecular weight excluding hydrogens is 343 g/mol. The predicted molar refractivity (Wildman–Crippen MR) is 103 cm³/mol. The van der Waals surface area contributed by atoms with Crippen LogP contribution in [0.15, 0.2) is 60.7 Å². The van der Waals surface area contributed by atoms with Gasteiger partial charge in [-0.3, -0.25) is 4.90 Å². The zero-order valence-corrected chi connectivity index (χ0v) is 14.9. The van der Waals surface area contributed by atoms with E-state index >= 15 is 0 Å². The van der Waals surface area contributed by atoms with E-state index in [1.165, 1.54) is 6.07 Å². The van der Waals surface area contributed by atoms with E-state index in [9.17, 15) is 9.50 Å². The van der Waals surface area contributed by atoms with Crippen LogP contribution in [0.5, 0.6) is 5.75 Å². The number of hydrogen-bond donors (Lipinski definition) is 1. The van der Waals surface area contributed by atoms with Crippen LogP contribution in [0.25, 0.3) is 11.3 Å². The van der Waals surface area contributed by atoms with Crippen LogP contribution in [0.4, 0.5) is 10.2 Å². The molecule has 0 atom stereocenters. The number of nitrogens with zero attached hydrogens (tertiary/aromatic N) is 4. The van der Waals surface area contributed by atoms with E-state index < -0.39 is 0 Å². The minimum Gasteiger partial charge on any atom is -0.508 e. The number of rotatable bonds is 4. The molecule has 2 aromatic carbocycles. The molecule has 27 heavy (non-hydrogen) atoms. The maximum atomic E-state index is 13.8. The Bertz CT molecular complexity index is 908. The lowest BCUT2D eigenvalue weighted by Crippen LogP contribution is -2.46. The highest BCUT2D eigenvalue weighted by atomic mass is 19.1. The highest BCUT2D eigenvalue weighted by Gasteiger charge is 2.19. The van der Waals surface area contributed by atoms with Gasteiger partial charge in [0.05, 0.1) is 5.69 Å². The molecular formula is C21H21FN4O. The lowest BCUT2D eigenvalue weighted by atomic mass is 10.1. The van der Waals surface area contributed by atoms with E-state index in [1.54, 1.807) is 24.3 Å². The van der Waals surface area contributed by atoms with Crippen LogP contribution >= 0.6 is 0 Å². The van der Waals surface area contributed by atoms with Crippen molar-refractivity contribution in [3.05, 3.63) is 72.0 Å². The molecule has 5 nitrogen and oxygen atoms in total. The van der Waals surface area contributed by atoms with Crippen LogP contribution in [0, 0.1) is 5.82 Å². The van der Waals surface area contributed by atoms with Gasteiger partial charge in [0.2, 0.25) is 0 Å². The Labute approximate surface area is 157 Å². The molecule has 0 radical (unpaired) electrons. The lowest BCUT2D eigenvalue weighted by molar-refractivity contribution is 0.246. The fourth-order valence-electron chi connectivity index (χ4n) is 3.32. The van der Waals surface area contributed by atoms with Crippen LogP contribution in [0.1, 0.15) is 5.56 Å². The van der Waals surface area contributed by atoms with Gasteiger partial charge in [0.1, 0.15) is 11.6 Å². The van der Waals surface area contributed by atoms with Crippen molar-refractivity contribution in [3.63, 3.8) is 0 Å². The van der Waals surface area contributed by atoms with Gasteiger partial charge >= 0.3 is 0 Å². The zero-order valence-electron chi connectivity index (χ0n) is 14.9. The van der Waals surface area contributed by atoms with E-state index in [0.717, 1.165) is 48.8 Å². The molecule has 0 spiro atoms. The first-order valence-corrected chi connectivity index (χ1v) is 9.03. The number of halogens is 1. The van der Waals surface area contributed by atoms with Crippen LogP contribution in [-0.4, -0.2) is 46.4 Å². The number of aromatic hydroxyl groups is 1. The summed E-state index contributed by atoms with van der Waals surface area (Å²) in [4.78, 5) is 4.44. The van der Waals surface area contributed by atoms with Gasteiger partial charge in [-0.25, -0.2) is 4.39 Å². The summed E-state index contributed by atoms with van der Waals surface area (Å²) in [5, 5.41) is 18.2. The van der Waals surface area contributed by atoms with E-state index in [4.69, 9.17) is 0 Å². The van der Waals surface area contributed by atoms with E-state index in [1.807, 2.05) is 30.3 Å². The van der Waals surface area contributed by atoms with Crippen LogP contribution < -0.4 is 4.90 Å². The van der Waals surface area contributed by atoms with E-state index in [2.05, 4.69) is 20.0 Å². The number of benzene rings is 2. The molecule has 0 aliphatic carbocycles. The van der Waals surface area contributed by atoms with Crippen molar-refractivity contribution in [3.8, 4) is 17.0 Å². The number of aromatic nitrogens is 2. The zero-order chi connectivity index (χ0) is 18.6. The Morgan fingerprint density at radius 2 is 1.70 bits per heavy atom. The van der Waals surface area contributed by atoms with Gasteiger partial charge in [-0.2, -0.15) is 0 Å². The Kier molecular flexibility index (Phi) is 4.98. The fraction of sp³-hybridized carbons (Fsp3) is 0.238. The Hall–Kier alpha value is -2.99. The van der Waals surface area contributed by atoms with Crippen molar-refractivity contribution >= 4 is 5.82 Å². The van der Waals surface area contributed by atoms with E-state index in [0.29, 0.717) is 6.54 Å². The molecule has 0 unspecified atom stereocenters. The van der Waals surface area contributed by atoms with Gasteiger partial charge in [-0.1, -0.05) is 30.3 Å². The van der Waals surface area contributed by atoms with Crippen molar-refractivity contribution in [2.24, 2.45) is 0 Å². The summed E-state index contributed by atoms with van der Waals surface area (Å²) in [6.07, 6.45) is 0. The molecule has 1 aliphatic rings. The first-order chi connectivity index (χ1) is 13.2. The third-order valence-electron chi connectivity index (χ3n) is 4.84. The third kappa shape index (κ3) is 4.06. The van der Waals surface area contributed by atoms with Gasteiger partial charge in [-0.15, -0.1) is 10.2 Å². The predicted octanol–water partition coefficient (Wildman–Crippen LogP) is 3.31. The molecule has 138 valence electrons. The average molecular weight is 364 g/mol. The Morgan fingerprint density at radius 1 is 0.889 bits per heavy atom. The third-order valence-corrected chi connectivity index (χ3v) is 4.84. The molecule has 2 heterocycles.